The zero-order chi connectivity index (χ0) is 16.3. The molecule has 0 aliphatic carbocycles. The van der Waals surface area contributed by atoms with Crippen molar-refractivity contribution in [3.63, 3.8) is 0 Å². The lowest BCUT2D eigenvalue weighted by molar-refractivity contribution is -0.121. The maximum Gasteiger partial charge on any atom is 0.356 e. The van der Waals surface area contributed by atoms with Crippen molar-refractivity contribution < 1.29 is 14.7 Å². The molecule has 0 radical (unpaired) electrons. The van der Waals surface area contributed by atoms with Gasteiger partial charge in [0.05, 0.1) is 16.7 Å². The van der Waals surface area contributed by atoms with Crippen LogP contribution in [0.5, 0.6) is 0 Å². The topological polar surface area (TPSA) is 102 Å². The van der Waals surface area contributed by atoms with Gasteiger partial charge in [-0.25, -0.2) is 4.79 Å². The number of carboxylic acid groups (broad SMARTS) is 1. The molecule has 8 nitrogen and oxygen atoms in total. The first kappa shape index (κ1) is 16.2. The third-order valence-corrected chi connectivity index (χ3v) is 4.25. The summed E-state index contributed by atoms with van der Waals surface area (Å²) in [5.41, 5.74) is 1.83. The van der Waals surface area contributed by atoms with E-state index < -0.39 is 5.97 Å². The van der Waals surface area contributed by atoms with E-state index in [2.05, 4.69) is 31.4 Å². The third kappa shape index (κ3) is 3.73. The molecule has 2 aromatic rings. The second-order valence-corrected chi connectivity index (χ2v) is 5.55. The lowest BCUT2D eigenvalue weighted by atomic mass is 10.4. The van der Waals surface area contributed by atoms with E-state index in [4.69, 9.17) is 5.11 Å². The van der Waals surface area contributed by atoms with Crippen LogP contribution in [0, 0.1) is 13.8 Å². The number of rotatable bonds is 6. The van der Waals surface area contributed by atoms with Gasteiger partial charge in [0.2, 0.25) is 5.91 Å². The Balaban J connectivity index is 1.82. The van der Waals surface area contributed by atoms with E-state index in [0.29, 0.717) is 13.1 Å². The van der Waals surface area contributed by atoms with Gasteiger partial charge in [0.1, 0.15) is 6.54 Å². The van der Waals surface area contributed by atoms with Crippen molar-refractivity contribution in [2.45, 2.75) is 26.9 Å². The van der Waals surface area contributed by atoms with Gasteiger partial charge in [-0.15, -0.1) is 0 Å². The lowest BCUT2D eigenvalue weighted by Gasteiger charge is -2.07. The fourth-order valence-corrected chi connectivity index (χ4v) is 2.24. The number of carboxylic acids is 1. The highest BCUT2D eigenvalue weighted by Gasteiger charge is 2.10. The van der Waals surface area contributed by atoms with E-state index >= 15 is 0 Å². The number of amides is 1. The highest BCUT2D eigenvalue weighted by atomic mass is 79.9. The van der Waals surface area contributed by atoms with Crippen LogP contribution in [0.1, 0.15) is 21.9 Å². The standard InChI is InChI=1S/C13H16BrN5O3/c1-8-12(14)9(2)19(16-8)6-4-15-11(20)7-18-5-3-10(17-18)13(21)22/h3,5H,4,6-7H2,1-2H3,(H,15,20)(H,21,22). The van der Waals surface area contributed by atoms with Gasteiger partial charge >= 0.3 is 5.97 Å². The number of aryl methyl sites for hydroxylation is 1. The van der Waals surface area contributed by atoms with Crippen molar-refractivity contribution in [3.05, 3.63) is 33.8 Å². The molecule has 0 aromatic carbocycles. The quantitative estimate of drug-likeness (QED) is 0.789. The van der Waals surface area contributed by atoms with Gasteiger partial charge in [-0.1, -0.05) is 0 Å². The minimum absolute atomic E-state index is 0.0198. The van der Waals surface area contributed by atoms with Crippen molar-refractivity contribution in [3.8, 4) is 0 Å². The normalized spacial score (nSPS) is 10.7. The van der Waals surface area contributed by atoms with E-state index in [-0.39, 0.29) is 18.1 Å². The van der Waals surface area contributed by atoms with E-state index in [1.807, 2.05) is 18.5 Å². The molecule has 0 saturated carbocycles. The Morgan fingerprint density at radius 2 is 2.09 bits per heavy atom. The summed E-state index contributed by atoms with van der Waals surface area (Å²) in [6.07, 6.45) is 1.46. The Kier molecular flexibility index (Phi) is 4.96. The number of aromatic nitrogens is 4. The molecule has 0 bridgehead atoms. The number of hydrogen-bond donors (Lipinski definition) is 2. The molecule has 2 N–H and O–H groups in total. The Morgan fingerprint density at radius 3 is 2.64 bits per heavy atom. The average Bonchev–Trinajstić information content (AvgIpc) is 3.01. The van der Waals surface area contributed by atoms with Gasteiger partial charge in [0.25, 0.3) is 0 Å². The first-order valence-electron chi connectivity index (χ1n) is 6.61. The number of halogens is 1. The third-order valence-electron chi connectivity index (χ3n) is 3.10. The van der Waals surface area contributed by atoms with Crippen LogP contribution in [-0.4, -0.2) is 43.1 Å². The maximum atomic E-state index is 11.8. The molecule has 0 aliphatic heterocycles. The molecule has 0 unspecified atom stereocenters. The molecule has 1 amide bonds. The Hall–Kier alpha value is -2.16. The highest BCUT2D eigenvalue weighted by molar-refractivity contribution is 9.10. The summed E-state index contributed by atoms with van der Waals surface area (Å²) in [6, 6.07) is 1.35. The maximum absolute atomic E-state index is 11.8. The van der Waals surface area contributed by atoms with Gasteiger partial charge in [-0.2, -0.15) is 10.2 Å². The van der Waals surface area contributed by atoms with Crippen LogP contribution in [0.15, 0.2) is 16.7 Å². The molecular weight excluding hydrogens is 354 g/mol. The van der Waals surface area contributed by atoms with Crippen LogP contribution in [0.2, 0.25) is 0 Å². The molecule has 2 heterocycles. The van der Waals surface area contributed by atoms with E-state index in [1.54, 1.807) is 0 Å². The van der Waals surface area contributed by atoms with Crippen molar-refractivity contribution >= 4 is 27.8 Å². The Morgan fingerprint density at radius 1 is 1.36 bits per heavy atom. The van der Waals surface area contributed by atoms with Crippen molar-refractivity contribution in [2.75, 3.05) is 6.54 Å². The predicted molar refractivity (Wildman–Crippen MR) is 81.6 cm³/mol. The second kappa shape index (κ2) is 6.73. The summed E-state index contributed by atoms with van der Waals surface area (Å²) in [6.45, 7) is 4.82. The van der Waals surface area contributed by atoms with E-state index in [0.717, 1.165) is 15.9 Å². The molecule has 0 aliphatic rings. The minimum Gasteiger partial charge on any atom is -0.476 e. The summed E-state index contributed by atoms with van der Waals surface area (Å²) < 4.78 is 4.08. The van der Waals surface area contributed by atoms with Crippen LogP contribution in [0.25, 0.3) is 0 Å². The lowest BCUT2D eigenvalue weighted by Crippen LogP contribution is -2.31. The Labute approximate surface area is 135 Å². The highest BCUT2D eigenvalue weighted by Crippen LogP contribution is 2.19. The summed E-state index contributed by atoms with van der Waals surface area (Å²) in [5, 5.41) is 19.6. The monoisotopic (exact) mass is 369 g/mol. The minimum atomic E-state index is -1.12. The van der Waals surface area contributed by atoms with Crippen LogP contribution in [0.3, 0.4) is 0 Å². The Bertz CT molecular complexity index is 707. The fraction of sp³-hybridized carbons (Fsp3) is 0.385. The number of aromatic carboxylic acids is 1. The van der Waals surface area contributed by atoms with Crippen molar-refractivity contribution in [1.29, 1.82) is 0 Å². The summed E-state index contributed by atoms with van der Waals surface area (Å²) in [4.78, 5) is 22.5. The summed E-state index contributed by atoms with van der Waals surface area (Å²) in [7, 11) is 0. The summed E-state index contributed by atoms with van der Waals surface area (Å²) in [5.74, 6) is -1.35. The smallest absolute Gasteiger partial charge is 0.356 e. The number of nitrogens with zero attached hydrogens (tertiary/aromatic N) is 4. The van der Waals surface area contributed by atoms with Crippen LogP contribution in [0.4, 0.5) is 0 Å². The van der Waals surface area contributed by atoms with Gasteiger partial charge < -0.3 is 10.4 Å². The van der Waals surface area contributed by atoms with Crippen molar-refractivity contribution in [1.82, 2.24) is 24.9 Å². The molecular formula is C13H16BrN5O3. The average molecular weight is 370 g/mol. The summed E-state index contributed by atoms with van der Waals surface area (Å²) >= 11 is 3.45. The van der Waals surface area contributed by atoms with Gasteiger partial charge in [0, 0.05) is 18.4 Å². The molecule has 22 heavy (non-hydrogen) atoms. The van der Waals surface area contributed by atoms with Crippen LogP contribution in [-0.2, 0) is 17.9 Å². The largest absolute Gasteiger partial charge is 0.476 e. The molecule has 0 saturated heterocycles. The zero-order valence-electron chi connectivity index (χ0n) is 12.2. The van der Waals surface area contributed by atoms with Crippen molar-refractivity contribution in [2.24, 2.45) is 0 Å². The first-order chi connectivity index (χ1) is 10.4. The zero-order valence-corrected chi connectivity index (χ0v) is 13.8. The fourth-order valence-electron chi connectivity index (χ4n) is 1.96. The number of carbonyl (C=O) groups excluding carboxylic acids is 1. The molecule has 118 valence electrons. The number of nitrogens with one attached hydrogen (secondary N) is 1. The van der Waals surface area contributed by atoms with Crippen LogP contribution < -0.4 is 5.32 Å². The van der Waals surface area contributed by atoms with Gasteiger partial charge in [0.15, 0.2) is 5.69 Å². The molecule has 9 heteroatoms. The molecule has 2 aromatic heterocycles. The number of carbonyl (C=O) groups is 2. The number of hydrogen-bond acceptors (Lipinski definition) is 4. The molecule has 0 atom stereocenters. The second-order valence-electron chi connectivity index (χ2n) is 4.76. The molecule has 0 spiro atoms. The van der Waals surface area contributed by atoms with Crippen LogP contribution >= 0.6 is 15.9 Å². The van der Waals surface area contributed by atoms with Gasteiger partial charge in [-0.3, -0.25) is 14.2 Å². The SMILES string of the molecule is Cc1nn(CCNC(=O)Cn2ccc(C(=O)O)n2)c(C)c1Br. The molecule has 0 fully saturated rings. The van der Waals surface area contributed by atoms with E-state index in [9.17, 15) is 9.59 Å². The predicted octanol–water partition coefficient (Wildman–Crippen LogP) is 0.974. The first-order valence-corrected chi connectivity index (χ1v) is 7.40. The molecule has 2 rings (SSSR count). The van der Waals surface area contributed by atoms with E-state index in [1.165, 1.54) is 16.9 Å². The van der Waals surface area contributed by atoms with Gasteiger partial charge in [-0.05, 0) is 35.8 Å².